The van der Waals surface area contributed by atoms with Crippen LogP contribution in [0.1, 0.15) is 24.6 Å². The first-order valence-corrected chi connectivity index (χ1v) is 8.73. The largest absolute Gasteiger partial charge is 0.270 e. The molecule has 0 saturated heterocycles. The average molecular weight is 363 g/mol. The Bertz CT molecular complexity index is 773. The first-order valence-electron chi connectivity index (χ1n) is 7.06. The van der Waals surface area contributed by atoms with E-state index in [0.29, 0.717) is 0 Å². The molecule has 1 aromatic carbocycles. The highest BCUT2D eigenvalue weighted by Gasteiger charge is 2.14. The van der Waals surface area contributed by atoms with Gasteiger partial charge in [0.25, 0.3) is 6.33 Å². The third-order valence-corrected chi connectivity index (χ3v) is 4.96. The van der Waals surface area contributed by atoms with Gasteiger partial charge in [-0.05, 0) is 40.5 Å². The van der Waals surface area contributed by atoms with Crippen LogP contribution in [-0.4, -0.2) is 10.9 Å². The number of fused-ring (bicyclic) bond motifs is 1. The zero-order chi connectivity index (χ0) is 14.7. The van der Waals surface area contributed by atoms with Crippen LogP contribution in [0, 0.1) is 0 Å². The van der Waals surface area contributed by atoms with Gasteiger partial charge < -0.3 is 0 Å². The molecule has 3 aromatic rings. The lowest BCUT2D eigenvalue weighted by Gasteiger charge is -1.93. The summed E-state index contributed by atoms with van der Waals surface area (Å²) in [6.07, 6.45) is 6.37. The van der Waals surface area contributed by atoms with Crippen LogP contribution in [0.5, 0.6) is 0 Å². The van der Waals surface area contributed by atoms with Gasteiger partial charge in [0.15, 0.2) is 5.52 Å². The topological polar surface area (TPSA) is 21.2 Å². The molecule has 108 valence electrons. The Kier molecular flexibility index (Phi) is 4.51. The molecule has 3 rings (SSSR count). The van der Waals surface area contributed by atoms with Gasteiger partial charge in [0.1, 0.15) is 0 Å². The van der Waals surface area contributed by atoms with E-state index in [9.17, 15) is 0 Å². The van der Waals surface area contributed by atoms with Crippen LogP contribution in [0.25, 0.3) is 11.0 Å². The summed E-state index contributed by atoms with van der Waals surface area (Å²) in [6, 6.07) is 10.5. The molecule has 0 aliphatic heterocycles. The lowest BCUT2D eigenvalue weighted by Crippen LogP contribution is -2.31. The maximum Gasteiger partial charge on any atom is 0.270 e. The van der Waals surface area contributed by atoms with E-state index >= 15 is 0 Å². The normalized spacial score (nSPS) is 11.7. The number of aryl methyl sites for hydroxylation is 1. The number of unbranched alkanes of at least 4 members (excludes halogenated alkanes) is 1. The quantitative estimate of drug-likeness (QED) is 0.472. The van der Waals surface area contributed by atoms with Gasteiger partial charge in [-0.3, -0.25) is 0 Å². The van der Waals surface area contributed by atoms with Gasteiger partial charge in [-0.1, -0.05) is 35.3 Å². The number of thiophene rings is 1. The SMILES string of the molecule is CCCC[n+]1cn(/N=C/c2cc(Br)cs2)c2ccccc21. The molecule has 0 fully saturated rings. The Morgan fingerprint density at radius 3 is 3.00 bits per heavy atom. The molecule has 21 heavy (non-hydrogen) atoms. The number of imidazole rings is 1. The second-order valence-corrected chi connectivity index (χ2v) is 6.77. The summed E-state index contributed by atoms with van der Waals surface area (Å²) in [5, 5.41) is 6.67. The predicted molar refractivity (Wildman–Crippen MR) is 92.1 cm³/mol. The van der Waals surface area contributed by atoms with Crippen LogP contribution in [0.4, 0.5) is 0 Å². The fraction of sp³-hybridized carbons (Fsp3) is 0.250. The molecular formula is C16H17BrN3S+. The molecule has 0 aliphatic rings. The maximum atomic E-state index is 4.61. The molecule has 0 spiro atoms. The number of hydrogen-bond donors (Lipinski definition) is 0. The Balaban J connectivity index is 1.96. The van der Waals surface area contributed by atoms with E-state index in [0.717, 1.165) is 21.4 Å². The lowest BCUT2D eigenvalue weighted by molar-refractivity contribution is -0.672. The monoisotopic (exact) mass is 362 g/mol. The summed E-state index contributed by atoms with van der Waals surface area (Å²) < 4.78 is 5.34. The number of para-hydroxylation sites is 2. The maximum absolute atomic E-state index is 4.61. The van der Waals surface area contributed by atoms with Crippen LogP contribution >= 0.6 is 27.3 Å². The number of rotatable bonds is 5. The Hall–Kier alpha value is -1.46. The standard InChI is InChI=1S/C16H17BrN3S/c1-2-3-8-19-12-20(16-7-5-4-6-15(16)19)18-10-14-9-13(17)11-21-14/h4-7,9-12H,2-3,8H2,1H3/q+1/b18-10+. The molecule has 0 saturated carbocycles. The number of nitrogens with zero attached hydrogens (tertiary/aromatic N) is 3. The molecule has 2 heterocycles. The molecule has 3 nitrogen and oxygen atoms in total. The van der Waals surface area contributed by atoms with Crippen molar-refractivity contribution in [3.05, 3.63) is 51.4 Å². The molecule has 0 atom stereocenters. The molecule has 0 bridgehead atoms. The van der Waals surface area contributed by atoms with Gasteiger partial charge in [-0.25, -0.2) is 4.57 Å². The van der Waals surface area contributed by atoms with Crippen LogP contribution in [0.2, 0.25) is 0 Å². The van der Waals surface area contributed by atoms with Crippen LogP contribution in [-0.2, 0) is 6.54 Å². The van der Waals surface area contributed by atoms with E-state index in [4.69, 9.17) is 0 Å². The van der Waals surface area contributed by atoms with Crippen molar-refractivity contribution < 1.29 is 4.57 Å². The van der Waals surface area contributed by atoms with Crippen molar-refractivity contribution in [3.8, 4) is 0 Å². The number of aromatic nitrogens is 2. The van der Waals surface area contributed by atoms with Crippen LogP contribution < -0.4 is 4.57 Å². The zero-order valence-corrected chi connectivity index (χ0v) is 14.3. The summed E-state index contributed by atoms with van der Waals surface area (Å²) in [7, 11) is 0. The minimum atomic E-state index is 1.03. The van der Waals surface area contributed by atoms with E-state index in [1.807, 2.05) is 10.9 Å². The van der Waals surface area contributed by atoms with E-state index in [1.54, 1.807) is 11.3 Å². The summed E-state index contributed by atoms with van der Waals surface area (Å²) in [5.41, 5.74) is 2.37. The van der Waals surface area contributed by atoms with E-state index < -0.39 is 0 Å². The molecule has 2 aromatic heterocycles. The molecule has 0 radical (unpaired) electrons. The molecule has 0 N–H and O–H groups in total. The van der Waals surface area contributed by atoms with Gasteiger partial charge in [-0.15, -0.1) is 11.3 Å². The van der Waals surface area contributed by atoms with E-state index in [1.165, 1.54) is 18.4 Å². The molecule has 5 heteroatoms. The van der Waals surface area contributed by atoms with Crippen molar-refractivity contribution in [1.29, 1.82) is 0 Å². The number of benzene rings is 1. The van der Waals surface area contributed by atoms with Gasteiger partial charge >= 0.3 is 0 Å². The second kappa shape index (κ2) is 6.54. The van der Waals surface area contributed by atoms with Crippen molar-refractivity contribution in [2.75, 3.05) is 0 Å². The zero-order valence-electron chi connectivity index (χ0n) is 11.9. The summed E-state index contributed by atoms with van der Waals surface area (Å²) in [5.74, 6) is 0. The predicted octanol–water partition coefficient (Wildman–Crippen LogP) is 4.44. The molecular weight excluding hydrogens is 346 g/mol. The fourth-order valence-electron chi connectivity index (χ4n) is 2.27. The Morgan fingerprint density at radius 2 is 2.24 bits per heavy atom. The molecule has 0 unspecified atom stereocenters. The highest BCUT2D eigenvalue weighted by molar-refractivity contribution is 9.10. The van der Waals surface area contributed by atoms with Crippen molar-refractivity contribution in [1.82, 2.24) is 4.68 Å². The van der Waals surface area contributed by atoms with Crippen LogP contribution in [0.3, 0.4) is 0 Å². The Morgan fingerprint density at radius 1 is 1.38 bits per heavy atom. The highest BCUT2D eigenvalue weighted by atomic mass is 79.9. The first-order chi connectivity index (χ1) is 10.3. The molecule has 0 amide bonds. The smallest absolute Gasteiger partial charge is 0.228 e. The first kappa shape index (κ1) is 14.5. The highest BCUT2D eigenvalue weighted by Crippen LogP contribution is 2.18. The van der Waals surface area contributed by atoms with Crippen molar-refractivity contribution in [2.45, 2.75) is 26.3 Å². The fourth-order valence-corrected chi connectivity index (χ4v) is 3.57. The number of hydrogen-bond acceptors (Lipinski definition) is 2. The van der Waals surface area contributed by atoms with Gasteiger partial charge in [0.2, 0.25) is 5.52 Å². The van der Waals surface area contributed by atoms with E-state index in [2.05, 4.69) is 74.6 Å². The second-order valence-electron chi connectivity index (χ2n) is 4.91. The summed E-state index contributed by atoms with van der Waals surface area (Å²) in [6.45, 7) is 3.25. The summed E-state index contributed by atoms with van der Waals surface area (Å²) in [4.78, 5) is 1.14. The van der Waals surface area contributed by atoms with Gasteiger partial charge in [-0.2, -0.15) is 0 Å². The van der Waals surface area contributed by atoms with E-state index in [-0.39, 0.29) is 0 Å². The van der Waals surface area contributed by atoms with Crippen molar-refractivity contribution in [2.24, 2.45) is 5.10 Å². The van der Waals surface area contributed by atoms with Crippen LogP contribution in [0.15, 0.2) is 51.6 Å². The van der Waals surface area contributed by atoms with Crippen molar-refractivity contribution >= 4 is 44.5 Å². The van der Waals surface area contributed by atoms with Crippen molar-refractivity contribution in [3.63, 3.8) is 0 Å². The Labute approximate surface area is 136 Å². The number of halogens is 1. The minimum absolute atomic E-state index is 1.03. The average Bonchev–Trinajstić information content (AvgIpc) is 3.07. The third-order valence-electron chi connectivity index (χ3n) is 3.34. The third kappa shape index (κ3) is 3.24. The van der Waals surface area contributed by atoms with Gasteiger partial charge in [0.05, 0.1) is 17.6 Å². The lowest BCUT2D eigenvalue weighted by atomic mass is 10.3. The minimum Gasteiger partial charge on any atom is -0.228 e. The molecule has 0 aliphatic carbocycles. The van der Waals surface area contributed by atoms with Gasteiger partial charge in [0, 0.05) is 9.85 Å². The summed E-state index contributed by atoms with van der Waals surface area (Å²) >= 11 is 5.15.